The number of benzene rings is 2. The molecule has 0 unspecified atom stereocenters. The van der Waals surface area contributed by atoms with Crippen molar-refractivity contribution in [2.75, 3.05) is 31.6 Å². The van der Waals surface area contributed by atoms with E-state index in [9.17, 15) is 18.3 Å². The van der Waals surface area contributed by atoms with Gasteiger partial charge < -0.3 is 30.0 Å². The zero-order chi connectivity index (χ0) is 32.7. The molecule has 3 N–H and O–H groups in total. The van der Waals surface area contributed by atoms with E-state index >= 15 is 0 Å². The second-order valence-electron chi connectivity index (χ2n) is 13.8. The van der Waals surface area contributed by atoms with E-state index in [0.717, 1.165) is 46.6 Å². The minimum atomic E-state index is -3.99. The van der Waals surface area contributed by atoms with E-state index in [1.165, 1.54) is 15.6 Å². The highest BCUT2D eigenvalue weighted by molar-refractivity contribution is 7.89. The molecule has 1 aromatic heterocycles. The van der Waals surface area contributed by atoms with Crippen molar-refractivity contribution >= 4 is 42.8 Å². The molecule has 2 aliphatic heterocycles. The summed E-state index contributed by atoms with van der Waals surface area (Å²) in [6.45, 7) is 5.07. The Balaban J connectivity index is 1.08. The number of carbonyl (C=O) groups excluding carboxylic acids is 1. The van der Waals surface area contributed by atoms with Gasteiger partial charge in [-0.05, 0) is 67.7 Å². The minimum Gasteiger partial charge on any atom is -0.446 e. The monoisotopic (exact) mass is 684 g/mol. The van der Waals surface area contributed by atoms with Crippen LogP contribution in [0.5, 0.6) is 0 Å². The maximum absolute atomic E-state index is 14.1. The SMILES string of the molecule is CC(C)CN(C[C@@H](O)[C@H](Cc1ccccc1)NC(=O)O[C@@H]1C[C@@H]2CO[C@@H]3OCC[C@H]1[C@H]23)S(=O)(=O)c1ccc2nc(NC3CC3)sc2c1. The molecule has 11 nitrogen and oxygen atoms in total. The molecule has 7 atom stereocenters. The number of rotatable bonds is 13. The highest BCUT2D eigenvalue weighted by Crippen LogP contribution is 2.50. The number of thiazole rings is 1. The van der Waals surface area contributed by atoms with Crippen LogP contribution in [0.1, 0.15) is 45.1 Å². The van der Waals surface area contributed by atoms with Gasteiger partial charge in [-0.25, -0.2) is 18.2 Å². The average molecular weight is 685 g/mol. The Morgan fingerprint density at radius 3 is 2.70 bits per heavy atom. The van der Waals surface area contributed by atoms with Crippen LogP contribution in [0, 0.1) is 23.7 Å². The van der Waals surface area contributed by atoms with E-state index in [2.05, 4.69) is 15.6 Å². The maximum atomic E-state index is 14.1. The number of aromatic nitrogens is 1. The summed E-state index contributed by atoms with van der Waals surface area (Å²) in [5.74, 6) is 0.701. The van der Waals surface area contributed by atoms with Crippen LogP contribution in [0.25, 0.3) is 10.2 Å². The van der Waals surface area contributed by atoms with Gasteiger partial charge in [0.25, 0.3) is 0 Å². The number of anilines is 1. The van der Waals surface area contributed by atoms with Crippen LogP contribution in [0.2, 0.25) is 0 Å². The van der Waals surface area contributed by atoms with Gasteiger partial charge >= 0.3 is 6.09 Å². The molecule has 2 aliphatic carbocycles. The number of hydrogen-bond donors (Lipinski definition) is 3. The van der Waals surface area contributed by atoms with Crippen LogP contribution in [0.3, 0.4) is 0 Å². The molecule has 3 aromatic rings. The van der Waals surface area contributed by atoms with Gasteiger partial charge in [0.15, 0.2) is 11.4 Å². The number of aliphatic hydroxyl groups excluding tert-OH is 1. The lowest BCUT2D eigenvalue weighted by Crippen LogP contribution is -2.51. The molecule has 2 aromatic carbocycles. The highest BCUT2D eigenvalue weighted by Gasteiger charge is 2.55. The van der Waals surface area contributed by atoms with E-state index in [1.807, 2.05) is 44.2 Å². The minimum absolute atomic E-state index is 0.00181. The summed E-state index contributed by atoms with van der Waals surface area (Å²) in [5.41, 5.74) is 1.65. The number of carbonyl (C=O) groups is 1. The van der Waals surface area contributed by atoms with Crippen LogP contribution in [0.4, 0.5) is 9.93 Å². The van der Waals surface area contributed by atoms with Crippen LogP contribution in [0.15, 0.2) is 53.4 Å². The average Bonchev–Trinajstić information content (AvgIpc) is 3.45. The molecule has 4 fully saturated rings. The van der Waals surface area contributed by atoms with Crippen molar-refractivity contribution in [2.45, 2.75) is 81.4 Å². The molecule has 0 bridgehead atoms. The maximum Gasteiger partial charge on any atom is 0.407 e. The van der Waals surface area contributed by atoms with E-state index < -0.39 is 28.3 Å². The number of hydrogen-bond acceptors (Lipinski definition) is 10. The van der Waals surface area contributed by atoms with Gasteiger partial charge in [-0.1, -0.05) is 55.5 Å². The standard InChI is InChI=1S/C34H44N4O7S2/c1-20(2)17-38(47(41,42)24-10-11-26-30(16-24)46-33(36-26)35-23-8-9-23)18-28(39)27(14-21-6-4-3-5-7-21)37-34(40)45-29-15-22-19-44-32-31(22)25(29)12-13-43-32/h3-7,10-11,16,20,22-23,25,27-29,31-32,39H,8-9,12-15,17-19H2,1-2H3,(H,35,36)(H,37,40)/t22-,25-,27+,28-,29-,31+,32+/m1/s1. The lowest BCUT2D eigenvalue weighted by atomic mass is 9.87. The lowest BCUT2D eigenvalue weighted by Gasteiger charge is -2.33. The smallest absolute Gasteiger partial charge is 0.407 e. The molecule has 254 valence electrons. The van der Waals surface area contributed by atoms with Crippen molar-refractivity contribution in [2.24, 2.45) is 23.7 Å². The first kappa shape index (κ1) is 32.7. The fourth-order valence-electron chi connectivity index (χ4n) is 7.32. The zero-order valence-corrected chi connectivity index (χ0v) is 28.4. The number of amides is 1. The molecule has 0 radical (unpaired) electrons. The van der Waals surface area contributed by atoms with Gasteiger partial charge in [0.1, 0.15) is 6.10 Å². The summed E-state index contributed by atoms with van der Waals surface area (Å²) in [6.07, 6.45) is 1.77. The third-order valence-corrected chi connectivity index (χ3v) is 12.5. The number of nitrogens with one attached hydrogen (secondary N) is 2. The lowest BCUT2D eigenvalue weighted by molar-refractivity contribution is -0.173. The van der Waals surface area contributed by atoms with E-state index in [0.29, 0.717) is 31.6 Å². The van der Waals surface area contributed by atoms with Gasteiger partial charge in [0.2, 0.25) is 10.0 Å². The molecule has 2 saturated carbocycles. The number of sulfonamides is 1. The summed E-state index contributed by atoms with van der Waals surface area (Å²) < 4.78 is 48.0. The van der Waals surface area contributed by atoms with Gasteiger partial charge in [0, 0.05) is 31.0 Å². The van der Waals surface area contributed by atoms with Gasteiger partial charge in [-0.15, -0.1) is 0 Å². The van der Waals surface area contributed by atoms with Gasteiger partial charge in [-0.3, -0.25) is 0 Å². The molecule has 4 aliphatic rings. The first-order valence-corrected chi connectivity index (χ1v) is 19.0. The molecular formula is C34H44N4O7S2. The molecule has 7 rings (SSSR count). The Morgan fingerprint density at radius 2 is 1.94 bits per heavy atom. The van der Waals surface area contributed by atoms with Crippen LogP contribution in [-0.4, -0.2) is 85.8 Å². The van der Waals surface area contributed by atoms with Crippen LogP contribution >= 0.6 is 11.3 Å². The third kappa shape index (κ3) is 7.30. The van der Waals surface area contributed by atoms with Crippen molar-refractivity contribution in [3.05, 3.63) is 54.1 Å². The van der Waals surface area contributed by atoms with Crippen molar-refractivity contribution in [3.63, 3.8) is 0 Å². The van der Waals surface area contributed by atoms with Crippen molar-refractivity contribution in [1.29, 1.82) is 0 Å². The first-order valence-electron chi connectivity index (χ1n) is 16.7. The summed E-state index contributed by atoms with van der Waals surface area (Å²) in [7, 11) is -3.99. The Hall–Kier alpha value is -2.81. The second kappa shape index (κ2) is 13.6. The summed E-state index contributed by atoms with van der Waals surface area (Å²) in [5, 5.41) is 18.8. The Kier molecular flexibility index (Phi) is 9.47. The van der Waals surface area contributed by atoms with Gasteiger partial charge in [-0.2, -0.15) is 4.31 Å². The molecular weight excluding hydrogens is 641 g/mol. The normalized spacial score (nSPS) is 26.8. The number of nitrogens with zero attached hydrogens (tertiary/aromatic N) is 2. The molecule has 0 spiro atoms. The third-order valence-electron chi connectivity index (χ3n) is 9.76. The van der Waals surface area contributed by atoms with E-state index in [4.69, 9.17) is 14.2 Å². The van der Waals surface area contributed by atoms with Gasteiger partial charge in [0.05, 0.1) is 40.5 Å². The Labute approximate surface area is 280 Å². The fourth-order valence-corrected chi connectivity index (χ4v) is 10.0. The highest BCUT2D eigenvalue weighted by atomic mass is 32.2. The summed E-state index contributed by atoms with van der Waals surface area (Å²) >= 11 is 1.44. The van der Waals surface area contributed by atoms with Crippen molar-refractivity contribution in [3.8, 4) is 0 Å². The second-order valence-corrected chi connectivity index (χ2v) is 16.8. The largest absolute Gasteiger partial charge is 0.446 e. The molecule has 3 heterocycles. The number of ether oxygens (including phenoxy) is 3. The predicted molar refractivity (Wildman–Crippen MR) is 179 cm³/mol. The van der Waals surface area contributed by atoms with E-state index in [-0.39, 0.29) is 48.1 Å². The number of fused-ring (bicyclic) bond motifs is 1. The quantitative estimate of drug-likeness (QED) is 0.236. The summed E-state index contributed by atoms with van der Waals surface area (Å²) in [6, 6.07) is 14.2. The van der Waals surface area contributed by atoms with Crippen molar-refractivity contribution < 1.29 is 32.5 Å². The topological polar surface area (TPSA) is 139 Å². The molecule has 47 heavy (non-hydrogen) atoms. The van der Waals surface area contributed by atoms with Crippen molar-refractivity contribution in [1.82, 2.24) is 14.6 Å². The number of aliphatic hydroxyl groups is 1. The number of alkyl carbamates (subject to hydrolysis) is 1. The predicted octanol–water partition coefficient (Wildman–Crippen LogP) is 4.61. The summed E-state index contributed by atoms with van der Waals surface area (Å²) in [4.78, 5) is 18.2. The Morgan fingerprint density at radius 1 is 1.13 bits per heavy atom. The van der Waals surface area contributed by atoms with E-state index in [1.54, 1.807) is 18.2 Å². The molecule has 13 heteroatoms. The first-order chi connectivity index (χ1) is 22.6. The Bertz CT molecular complexity index is 1660. The van der Waals surface area contributed by atoms with Crippen LogP contribution in [-0.2, 0) is 30.7 Å². The fraction of sp³-hybridized carbons (Fsp3) is 0.588. The molecule has 1 amide bonds. The van der Waals surface area contributed by atoms with Crippen LogP contribution < -0.4 is 10.6 Å². The molecule has 2 saturated heterocycles. The zero-order valence-electron chi connectivity index (χ0n) is 26.8.